The summed E-state index contributed by atoms with van der Waals surface area (Å²) in [6, 6.07) is 8.15. The molecule has 3 rings (SSSR count). The summed E-state index contributed by atoms with van der Waals surface area (Å²) in [5.41, 5.74) is 0.918. The molecule has 0 aliphatic carbocycles. The Bertz CT molecular complexity index is 663. The zero-order chi connectivity index (χ0) is 17.6. The van der Waals surface area contributed by atoms with Gasteiger partial charge >= 0.3 is 0 Å². The van der Waals surface area contributed by atoms with Gasteiger partial charge in [-0.05, 0) is 42.8 Å². The van der Waals surface area contributed by atoms with Gasteiger partial charge in [-0.2, -0.15) is 0 Å². The number of carbonyl (C=O) groups is 1. The van der Waals surface area contributed by atoms with E-state index in [0.29, 0.717) is 5.91 Å². The Labute approximate surface area is 153 Å². The van der Waals surface area contributed by atoms with Gasteiger partial charge in [0.05, 0.1) is 4.88 Å². The predicted octanol–water partition coefficient (Wildman–Crippen LogP) is 3.68. The summed E-state index contributed by atoms with van der Waals surface area (Å²) in [6.07, 6.45) is 3.98. The molecule has 1 aliphatic rings. The molecule has 0 bridgehead atoms. The van der Waals surface area contributed by atoms with E-state index in [4.69, 9.17) is 0 Å². The van der Waals surface area contributed by atoms with Gasteiger partial charge in [-0.25, -0.2) is 0 Å². The minimum Gasteiger partial charge on any atom is -0.355 e. The van der Waals surface area contributed by atoms with Crippen molar-refractivity contribution < 1.29 is 4.79 Å². The number of hydrogen-bond donors (Lipinski definition) is 0. The van der Waals surface area contributed by atoms with E-state index in [-0.39, 0.29) is 5.92 Å². The molecule has 5 nitrogen and oxygen atoms in total. The second kappa shape index (κ2) is 8.43. The maximum Gasteiger partial charge on any atom is 0.225 e. The van der Waals surface area contributed by atoms with E-state index < -0.39 is 0 Å². The summed E-state index contributed by atoms with van der Waals surface area (Å²) < 4.78 is 0. The van der Waals surface area contributed by atoms with Crippen molar-refractivity contribution in [1.82, 2.24) is 15.1 Å². The Kier molecular flexibility index (Phi) is 6.02. The monoisotopic (exact) mass is 358 g/mol. The maximum atomic E-state index is 12.5. The van der Waals surface area contributed by atoms with Crippen molar-refractivity contribution >= 4 is 23.1 Å². The molecule has 6 heteroatoms. The van der Waals surface area contributed by atoms with Crippen LogP contribution < -0.4 is 4.90 Å². The minimum absolute atomic E-state index is 0.149. The molecule has 0 aromatic carbocycles. The quantitative estimate of drug-likeness (QED) is 0.790. The van der Waals surface area contributed by atoms with Crippen LogP contribution in [0.2, 0.25) is 0 Å². The fourth-order valence-electron chi connectivity index (χ4n) is 3.22. The van der Waals surface area contributed by atoms with Gasteiger partial charge in [0.15, 0.2) is 5.82 Å². The van der Waals surface area contributed by atoms with Crippen molar-refractivity contribution in [2.24, 2.45) is 5.92 Å². The average Bonchev–Trinajstić information content (AvgIpc) is 3.20. The second-order valence-corrected chi connectivity index (χ2v) is 7.58. The zero-order valence-corrected chi connectivity index (χ0v) is 15.8. The van der Waals surface area contributed by atoms with Crippen molar-refractivity contribution in [2.75, 3.05) is 31.6 Å². The highest BCUT2D eigenvalue weighted by molar-refractivity contribution is 7.13. The third kappa shape index (κ3) is 4.37. The molecule has 3 heterocycles. The van der Waals surface area contributed by atoms with E-state index >= 15 is 0 Å². The second-order valence-electron chi connectivity index (χ2n) is 6.63. The molecule has 1 aliphatic heterocycles. The number of amides is 1. The normalized spacial score (nSPS) is 15.4. The topological polar surface area (TPSA) is 49.3 Å². The summed E-state index contributed by atoms with van der Waals surface area (Å²) in [4.78, 5) is 17.8. The standard InChI is InChI=1S/C19H26N4OS/c1-3-4-11-22(2)19(24)15-9-12-23(13-10-15)18-8-7-16(20-21-18)17-6-5-14-25-17/h5-8,14-15H,3-4,9-13H2,1-2H3. The first-order valence-electron chi connectivity index (χ1n) is 9.06. The van der Waals surface area contributed by atoms with Crippen LogP contribution >= 0.6 is 11.3 Å². The number of anilines is 1. The first-order valence-corrected chi connectivity index (χ1v) is 9.94. The third-order valence-corrected chi connectivity index (χ3v) is 5.71. The smallest absolute Gasteiger partial charge is 0.225 e. The van der Waals surface area contributed by atoms with E-state index in [1.54, 1.807) is 11.3 Å². The van der Waals surface area contributed by atoms with Gasteiger partial charge in [0.2, 0.25) is 5.91 Å². The fourth-order valence-corrected chi connectivity index (χ4v) is 3.91. The Hall–Kier alpha value is -1.95. The summed E-state index contributed by atoms with van der Waals surface area (Å²) >= 11 is 1.67. The lowest BCUT2D eigenvalue weighted by Crippen LogP contribution is -2.41. The summed E-state index contributed by atoms with van der Waals surface area (Å²) in [5, 5.41) is 10.8. The minimum atomic E-state index is 0.149. The first kappa shape index (κ1) is 17.9. The molecule has 25 heavy (non-hydrogen) atoms. The van der Waals surface area contributed by atoms with E-state index in [0.717, 1.165) is 61.7 Å². The number of aromatic nitrogens is 2. The van der Waals surface area contributed by atoms with Crippen LogP contribution in [0, 0.1) is 5.92 Å². The van der Waals surface area contributed by atoms with Crippen LogP contribution in [0.25, 0.3) is 10.6 Å². The first-order chi connectivity index (χ1) is 12.2. The molecule has 0 unspecified atom stereocenters. The lowest BCUT2D eigenvalue weighted by molar-refractivity contribution is -0.134. The molecule has 1 saturated heterocycles. The van der Waals surface area contributed by atoms with E-state index in [9.17, 15) is 4.79 Å². The van der Waals surface area contributed by atoms with Crippen LogP contribution in [0.5, 0.6) is 0 Å². The van der Waals surface area contributed by atoms with Crippen molar-refractivity contribution in [3.8, 4) is 10.6 Å². The van der Waals surface area contributed by atoms with Gasteiger partial charge in [0.1, 0.15) is 5.69 Å². The van der Waals surface area contributed by atoms with Crippen molar-refractivity contribution in [2.45, 2.75) is 32.6 Å². The Morgan fingerprint density at radius 2 is 2.08 bits per heavy atom. The highest BCUT2D eigenvalue weighted by Crippen LogP contribution is 2.26. The molecule has 2 aromatic rings. The van der Waals surface area contributed by atoms with Crippen LogP contribution in [0.15, 0.2) is 29.6 Å². The Morgan fingerprint density at radius 3 is 2.68 bits per heavy atom. The van der Waals surface area contributed by atoms with E-state index in [2.05, 4.69) is 28.1 Å². The number of carbonyl (C=O) groups excluding carboxylic acids is 1. The predicted molar refractivity (Wildman–Crippen MR) is 103 cm³/mol. The van der Waals surface area contributed by atoms with Gasteiger partial charge in [-0.1, -0.05) is 19.4 Å². The van der Waals surface area contributed by atoms with Crippen LogP contribution in [0.4, 0.5) is 5.82 Å². The average molecular weight is 359 g/mol. The SMILES string of the molecule is CCCCN(C)C(=O)C1CCN(c2ccc(-c3cccs3)nn2)CC1. The number of rotatable bonds is 6. The van der Waals surface area contributed by atoms with Crippen LogP contribution in [0.3, 0.4) is 0 Å². The fraction of sp³-hybridized carbons (Fsp3) is 0.526. The number of hydrogen-bond acceptors (Lipinski definition) is 5. The molecule has 0 atom stereocenters. The molecule has 134 valence electrons. The Balaban J connectivity index is 1.54. The van der Waals surface area contributed by atoms with E-state index in [1.165, 1.54) is 0 Å². The molecule has 0 N–H and O–H groups in total. The molecular formula is C19H26N4OS. The maximum absolute atomic E-state index is 12.5. The highest BCUT2D eigenvalue weighted by atomic mass is 32.1. The Morgan fingerprint density at radius 1 is 1.28 bits per heavy atom. The molecule has 0 radical (unpaired) electrons. The lowest BCUT2D eigenvalue weighted by Gasteiger charge is -2.33. The van der Waals surface area contributed by atoms with Crippen molar-refractivity contribution in [1.29, 1.82) is 0 Å². The van der Waals surface area contributed by atoms with Crippen LogP contribution in [-0.4, -0.2) is 47.7 Å². The zero-order valence-electron chi connectivity index (χ0n) is 15.0. The summed E-state index contributed by atoms with van der Waals surface area (Å²) in [6.45, 7) is 4.75. The summed E-state index contributed by atoms with van der Waals surface area (Å²) in [7, 11) is 1.93. The number of thiophene rings is 1. The van der Waals surface area contributed by atoms with Crippen LogP contribution in [0.1, 0.15) is 32.6 Å². The molecule has 1 amide bonds. The van der Waals surface area contributed by atoms with Gasteiger partial charge in [0, 0.05) is 32.6 Å². The van der Waals surface area contributed by atoms with Gasteiger partial charge in [-0.15, -0.1) is 21.5 Å². The highest BCUT2D eigenvalue weighted by Gasteiger charge is 2.27. The van der Waals surface area contributed by atoms with E-state index in [1.807, 2.05) is 35.5 Å². The van der Waals surface area contributed by atoms with Crippen molar-refractivity contribution in [3.63, 3.8) is 0 Å². The third-order valence-electron chi connectivity index (χ3n) is 4.82. The molecule has 1 fully saturated rings. The molecular weight excluding hydrogens is 332 g/mol. The molecule has 0 spiro atoms. The van der Waals surface area contributed by atoms with Gasteiger partial charge in [-0.3, -0.25) is 4.79 Å². The number of unbranched alkanes of at least 4 members (excludes halogenated alkanes) is 1. The largest absolute Gasteiger partial charge is 0.355 e. The lowest BCUT2D eigenvalue weighted by atomic mass is 9.95. The molecule has 2 aromatic heterocycles. The van der Waals surface area contributed by atoms with Crippen molar-refractivity contribution in [3.05, 3.63) is 29.6 Å². The molecule has 0 saturated carbocycles. The number of nitrogens with zero attached hydrogens (tertiary/aromatic N) is 4. The van der Waals surface area contributed by atoms with Crippen LogP contribution in [-0.2, 0) is 4.79 Å². The summed E-state index contributed by atoms with van der Waals surface area (Å²) in [5.74, 6) is 1.36. The van der Waals surface area contributed by atoms with Gasteiger partial charge in [0.25, 0.3) is 0 Å². The van der Waals surface area contributed by atoms with Gasteiger partial charge < -0.3 is 9.80 Å². The number of piperidine rings is 1.